The van der Waals surface area contributed by atoms with Crippen molar-refractivity contribution in [2.45, 2.75) is 19.0 Å². The van der Waals surface area contributed by atoms with Crippen molar-refractivity contribution >= 4 is 56.5 Å². The number of benzene rings is 2. The fourth-order valence-electron chi connectivity index (χ4n) is 3.99. The molecule has 0 aliphatic heterocycles. The van der Waals surface area contributed by atoms with Crippen LogP contribution in [-0.2, 0) is 11.8 Å². The maximum Gasteiger partial charge on any atom is 0.262 e. The van der Waals surface area contributed by atoms with E-state index in [9.17, 15) is 19.2 Å². The SMILES string of the molecule is Cc1sc2nc(SCC(=O)Nc3ccc4c(c3)C(=O)c3ccccc3C4=O)n(C)c(=O)c2c1C. The van der Waals surface area contributed by atoms with Gasteiger partial charge in [-0.05, 0) is 37.6 Å². The molecule has 170 valence electrons. The van der Waals surface area contributed by atoms with Crippen LogP contribution in [0.25, 0.3) is 10.2 Å². The second-order valence-electron chi connectivity index (χ2n) is 8.02. The monoisotopic (exact) mass is 489 g/mol. The average molecular weight is 490 g/mol. The van der Waals surface area contributed by atoms with Gasteiger partial charge in [0.1, 0.15) is 4.83 Å². The molecule has 0 bridgehead atoms. The number of anilines is 1. The molecule has 0 unspecified atom stereocenters. The van der Waals surface area contributed by atoms with Crippen molar-refractivity contribution in [3.05, 3.63) is 85.5 Å². The molecule has 0 fully saturated rings. The van der Waals surface area contributed by atoms with E-state index in [1.807, 2.05) is 13.8 Å². The van der Waals surface area contributed by atoms with Gasteiger partial charge in [0.05, 0.1) is 11.1 Å². The fourth-order valence-corrected chi connectivity index (χ4v) is 5.83. The summed E-state index contributed by atoms with van der Waals surface area (Å²) < 4.78 is 1.46. The number of nitrogens with one attached hydrogen (secondary N) is 1. The minimum Gasteiger partial charge on any atom is -0.325 e. The number of thioether (sulfide) groups is 1. The summed E-state index contributed by atoms with van der Waals surface area (Å²) in [6.45, 7) is 3.86. The summed E-state index contributed by atoms with van der Waals surface area (Å²) in [6, 6.07) is 11.4. The maximum atomic E-state index is 12.9. The minimum absolute atomic E-state index is 0.0297. The van der Waals surface area contributed by atoms with E-state index in [-0.39, 0.29) is 34.3 Å². The van der Waals surface area contributed by atoms with Gasteiger partial charge in [0.15, 0.2) is 16.7 Å². The van der Waals surface area contributed by atoms with Crippen molar-refractivity contribution in [2.24, 2.45) is 7.05 Å². The summed E-state index contributed by atoms with van der Waals surface area (Å²) in [5, 5.41) is 3.84. The molecule has 0 spiro atoms. The summed E-state index contributed by atoms with van der Waals surface area (Å²) >= 11 is 2.63. The summed E-state index contributed by atoms with van der Waals surface area (Å²) in [5.41, 5.74) is 2.57. The number of rotatable bonds is 4. The molecule has 7 nitrogen and oxygen atoms in total. The highest BCUT2D eigenvalue weighted by molar-refractivity contribution is 7.99. The van der Waals surface area contributed by atoms with E-state index in [0.717, 1.165) is 22.2 Å². The number of carbonyl (C=O) groups excluding carboxylic acids is 3. The van der Waals surface area contributed by atoms with Gasteiger partial charge in [-0.25, -0.2) is 4.98 Å². The molecule has 1 N–H and O–H groups in total. The third kappa shape index (κ3) is 3.57. The van der Waals surface area contributed by atoms with E-state index in [2.05, 4.69) is 10.3 Å². The van der Waals surface area contributed by atoms with Gasteiger partial charge in [-0.1, -0.05) is 36.0 Å². The first-order chi connectivity index (χ1) is 16.3. The molecular weight excluding hydrogens is 470 g/mol. The first-order valence-corrected chi connectivity index (χ1v) is 12.3. The Labute approximate surface area is 202 Å². The van der Waals surface area contributed by atoms with E-state index in [1.54, 1.807) is 43.4 Å². The predicted octanol–water partition coefficient (Wildman–Crippen LogP) is 4.12. The zero-order valence-electron chi connectivity index (χ0n) is 18.6. The maximum absolute atomic E-state index is 12.9. The van der Waals surface area contributed by atoms with Crippen LogP contribution < -0.4 is 10.9 Å². The number of nitrogens with zero attached hydrogens (tertiary/aromatic N) is 2. The third-order valence-electron chi connectivity index (χ3n) is 5.91. The Bertz CT molecular complexity index is 1600. The molecule has 2 aromatic heterocycles. The van der Waals surface area contributed by atoms with Gasteiger partial charge in [-0.15, -0.1) is 11.3 Å². The zero-order valence-corrected chi connectivity index (χ0v) is 20.2. The van der Waals surface area contributed by atoms with Crippen molar-refractivity contribution < 1.29 is 14.4 Å². The highest BCUT2D eigenvalue weighted by Crippen LogP contribution is 2.30. The lowest BCUT2D eigenvalue weighted by Gasteiger charge is -2.18. The fraction of sp³-hybridized carbons (Fsp3) is 0.160. The quantitative estimate of drug-likeness (QED) is 0.301. The van der Waals surface area contributed by atoms with Crippen molar-refractivity contribution in [3.63, 3.8) is 0 Å². The van der Waals surface area contributed by atoms with Crippen LogP contribution in [0.4, 0.5) is 5.69 Å². The van der Waals surface area contributed by atoms with Crippen LogP contribution in [0.15, 0.2) is 52.4 Å². The minimum atomic E-state index is -0.312. The summed E-state index contributed by atoms with van der Waals surface area (Å²) in [4.78, 5) is 57.3. The summed E-state index contributed by atoms with van der Waals surface area (Å²) in [7, 11) is 1.64. The van der Waals surface area contributed by atoms with Gasteiger partial charge >= 0.3 is 0 Å². The second-order valence-corrected chi connectivity index (χ2v) is 10.2. The second kappa shape index (κ2) is 8.34. The molecule has 5 rings (SSSR count). The summed E-state index contributed by atoms with van der Waals surface area (Å²) in [6.07, 6.45) is 0. The Morgan fingerprint density at radius 2 is 1.65 bits per heavy atom. The molecule has 34 heavy (non-hydrogen) atoms. The molecule has 0 saturated heterocycles. The molecule has 0 radical (unpaired) electrons. The number of hydrogen-bond donors (Lipinski definition) is 1. The lowest BCUT2D eigenvalue weighted by molar-refractivity contribution is -0.113. The van der Waals surface area contributed by atoms with E-state index in [4.69, 9.17) is 0 Å². The van der Waals surface area contributed by atoms with Crippen LogP contribution >= 0.6 is 23.1 Å². The van der Waals surface area contributed by atoms with Crippen molar-refractivity contribution in [2.75, 3.05) is 11.1 Å². The number of carbonyl (C=O) groups is 3. The van der Waals surface area contributed by atoms with E-state index >= 15 is 0 Å². The predicted molar refractivity (Wildman–Crippen MR) is 133 cm³/mol. The molecule has 1 amide bonds. The molecule has 2 heterocycles. The van der Waals surface area contributed by atoms with Crippen LogP contribution in [0.1, 0.15) is 42.3 Å². The molecule has 0 atom stereocenters. The third-order valence-corrected chi connectivity index (χ3v) is 8.04. The molecule has 1 aliphatic carbocycles. The van der Waals surface area contributed by atoms with E-state index in [1.165, 1.54) is 22.0 Å². The number of thiophene rings is 1. The normalized spacial score (nSPS) is 12.6. The Kier molecular flexibility index (Phi) is 5.45. The van der Waals surface area contributed by atoms with Gasteiger partial charge in [0.2, 0.25) is 5.91 Å². The van der Waals surface area contributed by atoms with Gasteiger partial charge in [-0.2, -0.15) is 0 Å². The molecule has 0 saturated carbocycles. The Balaban J connectivity index is 1.34. The lowest BCUT2D eigenvalue weighted by atomic mass is 9.84. The lowest BCUT2D eigenvalue weighted by Crippen LogP contribution is -2.22. The van der Waals surface area contributed by atoms with Gasteiger partial charge in [0, 0.05) is 39.9 Å². The van der Waals surface area contributed by atoms with E-state index < -0.39 is 0 Å². The van der Waals surface area contributed by atoms with Crippen LogP contribution in [0, 0.1) is 13.8 Å². The molecule has 1 aliphatic rings. The number of hydrogen-bond acceptors (Lipinski definition) is 7. The Morgan fingerprint density at radius 1 is 1.00 bits per heavy atom. The van der Waals surface area contributed by atoms with Crippen LogP contribution in [0.3, 0.4) is 0 Å². The highest BCUT2D eigenvalue weighted by atomic mass is 32.2. The molecular formula is C25H19N3O4S2. The van der Waals surface area contributed by atoms with Crippen LogP contribution in [-0.4, -0.2) is 32.8 Å². The smallest absolute Gasteiger partial charge is 0.262 e. The number of amides is 1. The number of aryl methyl sites for hydroxylation is 2. The Hall–Kier alpha value is -3.56. The molecule has 9 heteroatoms. The van der Waals surface area contributed by atoms with Crippen molar-refractivity contribution in [3.8, 4) is 0 Å². The molecule has 4 aromatic rings. The van der Waals surface area contributed by atoms with Crippen LogP contribution in [0.2, 0.25) is 0 Å². The first-order valence-electron chi connectivity index (χ1n) is 10.5. The summed E-state index contributed by atoms with van der Waals surface area (Å²) in [5.74, 6) is -0.736. The highest BCUT2D eigenvalue weighted by Gasteiger charge is 2.29. The van der Waals surface area contributed by atoms with E-state index in [0.29, 0.717) is 37.8 Å². The van der Waals surface area contributed by atoms with Gasteiger partial charge in [0.25, 0.3) is 5.56 Å². The number of fused-ring (bicyclic) bond motifs is 3. The number of ketones is 2. The largest absolute Gasteiger partial charge is 0.325 e. The van der Waals surface area contributed by atoms with Gasteiger partial charge in [-0.3, -0.25) is 23.7 Å². The zero-order chi connectivity index (χ0) is 24.1. The first kappa shape index (κ1) is 22.2. The van der Waals surface area contributed by atoms with Crippen molar-refractivity contribution in [1.82, 2.24) is 9.55 Å². The topological polar surface area (TPSA) is 98.1 Å². The van der Waals surface area contributed by atoms with Crippen molar-refractivity contribution in [1.29, 1.82) is 0 Å². The van der Waals surface area contributed by atoms with Gasteiger partial charge < -0.3 is 5.32 Å². The van der Waals surface area contributed by atoms with Crippen LogP contribution in [0.5, 0.6) is 0 Å². The molecule has 2 aromatic carbocycles. The standard InChI is InChI=1S/C25H19N3O4S2/c1-12-13(2)34-23-20(12)24(32)28(3)25(27-23)33-11-19(29)26-14-8-9-17-18(10-14)22(31)16-7-5-4-6-15(16)21(17)30/h4-10H,11H2,1-3H3,(H,26,29). The number of aromatic nitrogens is 2. The Morgan fingerprint density at radius 3 is 2.35 bits per heavy atom. The average Bonchev–Trinajstić information content (AvgIpc) is 3.12.